The number of para-hydroxylation sites is 1. The summed E-state index contributed by atoms with van der Waals surface area (Å²) in [5.74, 6) is 0.621. The van der Waals surface area contributed by atoms with Crippen LogP contribution < -0.4 is 19.5 Å². The summed E-state index contributed by atoms with van der Waals surface area (Å²) in [6, 6.07) is 21.2. The van der Waals surface area contributed by atoms with Crippen LogP contribution in [0.2, 0.25) is 0 Å². The van der Waals surface area contributed by atoms with Crippen LogP contribution in [0.3, 0.4) is 0 Å². The number of ether oxygens (including phenoxy) is 4. The van der Waals surface area contributed by atoms with Crippen molar-refractivity contribution in [2.75, 3.05) is 26.1 Å². The molecule has 3 aromatic rings. The van der Waals surface area contributed by atoms with Crippen LogP contribution in [0.5, 0.6) is 17.2 Å². The van der Waals surface area contributed by atoms with Gasteiger partial charge in [-0.1, -0.05) is 36.4 Å². The Morgan fingerprint density at radius 3 is 2.32 bits per heavy atom. The second-order valence-electron chi connectivity index (χ2n) is 6.45. The highest BCUT2D eigenvalue weighted by Gasteiger charge is 2.16. The number of methoxy groups -OCH3 is 2. The van der Waals surface area contributed by atoms with Crippen molar-refractivity contribution in [3.63, 3.8) is 0 Å². The number of esters is 1. The molecule has 1 N–H and O–H groups in total. The predicted octanol–water partition coefficient (Wildman–Crippen LogP) is 4.08. The third-order valence-corrected chi connectivity index (χ3v) is 4.39. The van der Waals surface area contributed by atoms with Crippen molar-refractivity contribution in [3.8, 4) is 17.2 Å². The average Bonchev–Trinajstić information content (AvgIpc) is 2.82. The van der Waals surface area contributed by atoms with Gasteiger partial charge in [-0.3, -0.25) is 4.79 Å². The third kappa shape index (κ3) is 5.99. The van der Waals surface area contributed by atoms with Gasteiger partial charge in [-0.15, -0.1) is 0 Å². The SMILES string of the molecule is COc1ccc(NC(=O)COC(=O)c2ccccc2COc2ccccc2)c(OC)c1. The van der Waals surface area contributed by atoms with Gasteiger partial charge in [-0.25, -0.2) is 4.79 Å². The van der Waals surface area contributed by atoms with Crippen molar-refractivity contribution >= 4 is 17.6 Å². The Kier molecular flexibility index (Phi) is 7.48. The van der Waals surface area contributed by atoms with E-state index in [2.05, 4.69) is 5.32 Å². The quantitative estimate of drug-likeness (QED) is 0.524. The molecule has 0 atom stereocenters. The van der Waals surface area contributed by atoms with Crippen LogP contribution in [0.1, 0.15) is 15.9 Å². The molecule has 0 aliphatic rings. The molecule has 31 heavy (non-hydrogen) atoms. The highest BCUT2D eigenvalue weighted by Crippen LogP contribution is 2.29. The summed E-state index contributed by atoms with van der Waals surface area (Å²) in [4.78, 5) is 24.8. The minimum atomic E-state index is -0.607. The lowest BCUT2D eigenvalue weighted by Gasteiger charge is -2.13. The van der Waals surface area contributed by atoms with Gasteiger partial charge in [0.05, 0.1) is 25.5 Å². The molecule has 0 spiro atoms. The molecule has 0 aliphatic heterocycles. The van der Waals surface area contributed by atoms with E-state index >= 15 is 0 Å². The van der Waals surface area contributed by atoms with Crippen LogP contribution in [0.25, 0.3) is 0 Å². The highest BCUT2D eigenvalue weighted by atomic mass is 16.5. The third-order valence-electron chi connectivity index (χ3n) is 4.39. The number of carbonyl (C=O) groups is 2. The molecule has 0 aliphatic carbocycles. The zero-order valence-corrected chi connectivity index (χ0v) is 17.3. The Morgan fingerprint density at radius 2 is 1.58 bits per heavy atom. The van der Waals surface area contributed by atoms with Gasteiger partial charge < -0.3 is 24.3 Å². The Hall–Kier alpha value is -4.00. The van der Waals surface area contributed by atoms with Crippen molar-refractivity contribution in [1.29, 1.82) is 0 Å². The number of rotatable bonds is 9. The topological polar surface area (TPSA) is 83.1 Å². The molecule has 7 nitrogen and oxygen atoms in total. The van der Waals surface area contributed by atoms with Gasteiger partial charge in [0.15, 0.2) is 6.61 Å². The van der Waals surface area contributed by atoms with Gasteiger partial charge in [-0.05, 0) is 30.3 Å². The van der Waals surface area contributed by atoms with E-state index in [-0.39, 0.29) is 6.61 Å². The maximum atomic E-state index is 12.5. The first kappa shape index (κ1) is 21.7. The number of nitrogens with one attached hydrogen (secondary N) is 1. The first-order chi connectivity index (χ1) is 15.1. The van der Waals surface area contributed by atoms with Crippen LogP contribution in [0.4, 0.5) is 5.69 Å². The fraction of sp³-hybridized carbons (Fsp3) is 0.167. The van der Waals surface area contributed by atoms with Crippen LogP contribution in [0, 0.1) is 0 Å². The Morgan fingerprint density at radius 1 is 0.839 bits per heavy atom. The standard InChI is InChI=1S/C24H23NO6/c1-28-19-12-13-21(22(14-19)29-2)25-23(26)16-31-24(27)20-11-7-6-8-17(20)15-30-18-9-4-3-5-10-18/h3-14H,15-16H2,1-2H3,(H,25,26). The number of anilines is 1. The first-order valence-electron chi connectivity index (χ1n) is 9.55. The summed E-state index contributed by atoms with van der Waals surface area (Å²) in [5.41, 5.74) is 1.45. The van der Waals surface area contributed by atoms with Crippen molar-refractivity contribution in [2.45, 2.75) is 6.61 Å². The molecule has 3 aromatic carbocycles. The number of hydrogen-bond acceptors (Lipinski definition) is 6. The van der Waals surface area contributed by atoms with Crippen molar-refractivity contribution in [3.05, 3.63) is 83.9 Å². The number of amides is 1. The van der Waals surface area contributed by atoms with Crippen molar-refractivity contribution < 1.29 is 28.5 Å². The molecule has 3 rings (SSSR count). The molecule has 160 valence electrons. The second kappa shape index (κ2) is 10.7. The van der Waals surface area contributed by atoms with Gasteiger partial charge >= 0.3 is 5.97 Å². The van der Waals surface area contributed by atoms with E-state index in [0.717, 1.165) is 0 Å². The van der Waals surface area contributed by atoms with Crippen LogP contribution in [0.15, 0.2) is 72.8 Å². The molecule has 0 saturated carbocycles. The van der Waals surface area contributed by atoms with Crippen molar-refractivity contribution in [1.82, 2.24) is 0 Å². The van der Waals surface area contributed by atoms with Gasteiger partial charge in [-0.2, -0.15) is 0 Å². The molecule has 0 fully saturated rings. The normalized spacial score (nSPS) is 10.1. The van der Waals surface area contributed by atoms with E-state index in [1.54, 1.807) is 36.4 Å². The maximum Gasteiger partial charge on any atom is 0.339 e. The van der Waals surface area contributed by atoms with Gasteiger partial charge in [0, 0.05) is 11.6 Å². The van der Waals surface area contributed by atoms with E-state index < -0.39 is 18.5 Å². The zero-order valence-electron chi connectivity index (χ0n) is 17.3. The minimum absolute atomic E-state index is 0.199. The van der Waals surface area contributed by atoms with E-state index in [4.69, 9.17) is 18.9 Å². The van der Waals surface area contributed by atoms with Crippen LogP contribution in [-0.2, 0) is 16.1 Å². The summed E-state index contributed by atoms with van der Waals surface area (Å²) >= 11 is 0. The molecule has 0 bridgehead atoms. The van der Waals surface area contributed by atoms with E-state index in [1.807, 2.05) is 36.4 Å². The van der Waals surface area contributed by atoms with Crippen LogP contribution >= 0.6 is 0 Å². The molecule has 0 saturated heterocycles. The molecular formula is C24H23NO6. The smallest absolute Gasteiger partial charge is 0.339 e. The lowest BCUT2D eigenvalue weighted by atomic mass is 10.1. The minimum Gasteiger partial charge on any atom is -0.497 e. The highest BCUT2D eigenvalue weighted by molar-refractivity contribution is 5.97. The summed E-state index contributed by atoms with van der Waals surface area (Å²) in [6.07, 6.45) is 0. The van der Waals surface area contributed by atoms with Gasteiger partial charge in [0.2, 0.25) is 0 Å². The fourth-order valence-corrected chi connectivity index (χ4v) is 2.82. The number of benzene rings is 3. The van der Waals surface area contributed by atoms with E-state index in [9.17, 15) is 9.59 Å². The molecule has 0 heterocycles. The second-order valence-corrected chi connectivity index (χ2v) is 6.45. The summed E-state index contributed by atoms with van der Waals surface area (Å²) in [6.45, 7) is -0.244. The monoisotopic (exact) mass is 421 g/mol. The van der Waals surface area contributed by atoms with E-state index in [1.165, 1.54) is 14.2 Å². The molecule has 7 heteroatoms. The van der Waals surface area contributed by atoms with Gasteiger partial charge in [0.1, 0.15) is 23.9 Å². The van der Waals surface area contributed by atoms with Gasteiger partial charge in [0.25, 0.3) is 5.91 Å². The number of hydrogen-bond donors (Lipinski definition) is 1. The fourth-order valence-electron chi connectivity index (χ4n) is 2.82. The average molecular weight is 421 g/mol. The molecule has 0 aromatic heterocycles. The lowest BCUT2D eigenvalue weighted by molar-refractivity contribution is -0.119. The Labute approximate surface area is 180 Å². The van der Waals surface area contributed by atoms with Crippen molar-refractivity contribution in [2.24, 2.45) is 0 Å². The summed E-state index contributed by atoms with van der Waals surface area (Å²) < 4.78 is 21.3. The number of carbonyl (C=O) groups excluding carboxylic acids is 2. The predicted molar refractivity (Wildman–Crippen MR) is 116 cm³/mol. The summed E-state index contributed by atoms with van der Waals surface area (Å²) in [5, 5.41) is 2.66. The summed E-state index contributed by atoms with van der Waals surface area (Å²) in [7, 11) is 3.02. The molecule has 1 amide bonds. The first-order valence-corrected chi connectivity index (χ1v) is 9.55. The molecule has 0 unspecified atom stereocenters. The maximum absolute atomic E-state index is 12.5. The zero-order chi connectivity index (χ0) is 22.1. The Bertz CT molecular complexity index is 1040. The Balaban J connectivity index is 1.59. The largest absolute Gasteiger partial charge is 0.497 e. The molecular weight excluding hydrogens is 398 g/mol. The van der Waals surface area contributed by atoms with Crippen LogP contribution in [-0.4, -0.2) is 32.7 Å². The van der Waals surface area contributed by atoms with E-state index in [0.29, 0.717) is 34.1 Å². The lowest BCUT2D eigenvalue weighted by Crippen LogP contribution is -2.22. The molecule has 0 radical (unpaired) electrons.